The van der Waals surface area contributed by atoms with Crippen LogP contribution in [0.25, 0.3) is 22.6 Å². The van der Waals surface area contributed by atoms with Gasteiger partial charge in [0.25, 0.3) is 0 Å². The fourth-order valence-corrected chi connectivity index (χ4v) is 2.97. The molecule has 3 nitrogen and oxygen atoms in total. The van der Waals surface area contributed by atoms with Gasteiger partial charge >= 0.3 is 0 Å². The molecule has 0 bridgehead atoms. The van der Waals surface area contributed by atoms with E-state index in [1.807, 2.05) is 61.5 Å². The van der Waals surface area contributed by atoms with Crippen molar-refractivity contribution in [2.45, 2.75) is 13.5 Å². The Hall–Kier alpha value is -2.52. The fraction of sp³-hybridized carbons (Fsp3) is 0.105. The van der Waals surface area contributed by atoms with Gasteiger partial charge in [-0.15, -0.1) is 0 Å². The van der Waals surface area contributed by atoms with Crippen molar-refractivity contribution in [3.8, 4) is 11.6 Å². The highest BCUT2D eigenvalue weighted by Crippen LogP contribution is 2.28. The van der Waals surface area contributed by atoms with Gasteiger partial charge in [0.2, 0.25) is 0 Å². The second kappa shape index (κ2) is 5.60. The summed E-state index contributed by atoms with van der Waals surface area (Å²) < 4.78 is 7.94. The normalized spacial score (nSPS) is 11.2. The third-order valence-corrected chi connectivity index (χ3v) is 4.27. The number of hydrogen-bond donors (Lipinski definition) is 0. The number of hydrogen-bond acceptors (Lipinski definition) is 2. The van der Waals surface area contributed by atoms with Crippen LogP contribution >= 0.6 is 11.6 Å². The Labute approximate surface area is 139 Å². The minimum absolute atomic E-state index is 0.648. The van der Waals surface area contributed by atoms with Crippen LogP contribution in [0.2, 0.25) is 5.02 Å². The number of imidazole rings is 1. The monoisotopic (exact) mass is 322 g/mol. The number of benzene rings is 2. The van der Waals surface area contributed by atoms with E-state index in [4.69, 9.17) is 21.0 Å². The van der Waals surface area contributed by atoms with E-state index in [2.05, 4.69) is 10.6 Å². The number of halogens is 1. The molecule has 0 atom stereocenters. The van der Waals surface area contributed by atoms with Gasteiger partial charge in [-0.05, 0) is 42.8 Å². The van der Waals surface area contributed by atoms with Crippen LogP contribution in [0.1, 0.15) is 11.3 Å². The minimum atomic E-state index is 0.648. The molecular weight excluding hydrogens is 308 g/mol. The zero-order valence-electron chi connectivity index (χ0n) is 12.7. The lowest BCUT2D eigenvalue weighted by Crippen LogP contribution is -2.02. The molecule has 0 fully saturated rings. The molecule has 0 N–H and O–H groups in total. The molecule has 4 rings (SSSR count). The second-order valence-corrected chi connectivity index (χ2v) is 5.92. The molecule has 0 unspecified atom stereocenters. The van der Waals surface area contributed by atoms with E-state index in [9.17, 15) is 0 Å². The first kappa shape index (κ1) is 14.1. The zero-order chi connectivity index (χ0) is 15.8. The van der Waals surface area contributed by atoms with Crippen LogP contribution in [-0.4, -0.2) is 9.55 Å². The van der Waals surface area contributed by atoms with Gasteiger partial charge in [-0.25, -0.2) is 4.98 Å². The van der Waals surface area contributed by atoms with Crippen molar-refractivity contribution in [3.63, 3.8) is 0 Å². The number of fused-ring (bicyclic) bond motifs is 1. The average molecular weight is 323 g/mol. The summed E-state index contributed by atoms with van der Waals surface area (Å²) >= 11 is 6.34. The largest absolute Gasteiger partial charge is 0.458 e. The van der Waals surface area contributed by atoms with E-state index >= 15 is 0 Å². The maximum absolute atomic E-state index is 6.34. The Bertz CT molecular complexity index is 984. The smallest absolute Gasteiger partial charge is 0.177 e. The predicted molar refractivity (Wildman–Crippen MR) is 92.7 cm³/mol. The van der Waals surface area contributed by atoms with Gasteiger partial charge in [0.15, 0.2) is 11.6 Å². The molecule has 0 amide bonds. The Morgan fingerprint density at radius 3 is 2.57 bits per heavy atom. The van der Waals surface area contributed by atoms with Crippen LogP contribution in [0.3, 0.4) is 0 Å². The standard InChI is InChI=1S/C19H15ClN2O/c1-13-10-11-18(23-13)19-21-16-8-4-5-9-17(16)22(19)12-14-6-2-3-7-15(14)20/h2-11H,12H2,1H3. The van der Waals surface area contributed by atoms with E-state index in [0.717, 1.165) is 39.0 Å². The van der Waals surface area contributed by atoms with Gasteiger partial charge in [-0.2, -0.15) is 0 Å². The van der Waals surface area contributed by atoms with E-state index in [-0.39, 0.29) is 0 Å². The van der Waals surface area contributed by atoms with E-state index in [1.54, 1.807) is 0 Å². The molecule has 2 aromatic carbocycles. The summed E-state index contributed by atoms with van der Waals surface area (Å²) in [6, 6.07) is 19.9. The fourth-order valence-electron chi connectivity index (χ4n) is 2.78. The number of aryl methyl sites for hydroxylation is 1. The van der Waals surface area contributed by atoms with Crippen molar-refractivity contribution >= 4 is 22.6 Å². The SMILES string of the molecule is Cc1ccc(-c2nc3ccccc3n2Cc2ccccc2Cl)o1. The quantitative estimate of drug-likeness (QED) is 0.512. The van der Waals surface area contributed by atoms with Gasteiger partial charge < -0.3 is 8.98 Å². The molecule has 0 radical (unpaired) electrons. The molecule has 4 heteroatoms. The summed E-state index contributed by atoms with van der Waals surface area (Å²) in [6.45, 7) is 2.58. The molecular formula is C19H15ClN2O. The van der Waals surface area contributed by atoms with Gasteiger partial charge in [0, 0.05) is 5.02 Å². The van der Waals surface area contributed by atoms with Crippen LogP contribution in [-0.2, 0) is 6.54 Å². The van der Waals surface area contributed by atoms with Gasteiger partial charge in [0.05, 0.1) is 17.6 Å². The van der Waals surface area contributed by atoms with Crippen LogP contribution in [0, 0.1) is 6.92 Å². The molecule has 0 aliphatic heterocycles. The van der Waals surface area contributed by atoms with Crippen molar-refractivity contribution in [2.75, 3.05) is 0 Å². The summed E-state index contributed by atoms with van der Waals surface area (Å²) in [4.78, 5) is 4.75. The summed E-state index contributed by atoms with van der Waals surface area (Å²) in [7, 11) is 0. The molecule has 0 spiro atoms. The lowest BCUT2D eigenvalue weighted by atomic mass is 10.2. The number of para-hydroxylation sites is 2. The Balaban J connectivity index is 1.91. The Morgan fingerprint density at radius 1 is 1.00 bits per heavy atom. The average Bonchev–Trinajstić information content (AvgIpc) is 3.14. The van der Waals surface area contributed by atoms with Gasteiger partial charge in [-0.3, -0.25) is 0 Å². The lowest BCUT2D eigenvalue weighted by Gasteiger charge is -2.09. The highest BCUT2D eigenvalue weighted by Gasteiger charge is 2.16. The summed E-state index contributed by atoms with van der Waals surface area (Å²) in [6.07, 6.45) is 0. The molecule has 4 aromatic rings. The molecule has 0 aliphatic carbocycles. The highest BCUT2D eigenvalue weighted by molar-refractivity contribution is 6.31. The van der Waals surface area contributed by atoms with Crippen molar-refractivity contribution in [2.24, 2.45) is 0 Å². The van der Waals surface area contributed by atoms with E-state index in [1.165, 1.54) is 0 Å². The molecule has 0 saturated carbocycles. The maximum Gasteiger partial charge on any atom is 0.177 e. The van der Waals surface area contributed by atoms with Crippen LogP contribution in [0.5, 0.6) is 0 Å². The molecule has 2 heterocycles. The first-order valence-electron chi connectivity index (χ1n) is 7.48. The van der Waals surface area contributed by atoms with Crippen molar-refractivity contribution < 1.29 is 4.42 Å². The third-order valence-electron chi connectivity index (χ3n) is 3.90. The van der Waals surface area contributed by atoms with Crippen LogP contribution < -0.4 is 0 Å². The zero-order valence-corrected chi connectivity index (χ0v) is 13.4. The number of furan rings is 1. The Kier molecular flexibility index (Phi) is 3.43. The minimum Gasteiger partial charge on any atom is -0.458 e. The topological polar surface area (TPSA) is 31.0 Å². The van der Waals surface area contributed by atoms with Crippen molar-refractivity contribution in [1.29, 1.82) is 0 Å². The second-order valence-electron chi connectivity index (χ2n) is 5.51. The van der Waals surface area contributed by atoms with Crippen molar-refractivity contribution in [1.82, 2.24) is 9.55 Å². The van der Waals surface area contributed by atoms with E-state index in [0.29, 0.717) is 6.54 Å². The maximum atomic E-state index is 6.34. The summed E-state index contributed by atoms with van der Waals surface area (Å²) in [5.41, 5.74) is 3.07. The Morgan fingerprint density at radius 2 is 1.78 bits per heavy atom. The number of nitrogens with zero attached hydrogens (tertiary/aromatic N) is 2. The van der Waals surface area contributed by atoms with Crippen LogP contribution in [0.15, 0.2) is 65.1 Å². The van der Waals surface area contributed by atoms with Crippen molar-refractivity contribution in [3.05, 3.63) is 77.0 Å². The first-order valence-corrected chi connectivity index (χ1v) is 7.85. The molecule has 0 saturated heterocycles. The summed E-state index contributed by atoms with van der Waals surface area (Å²) in [5, 5.41) is 0.756. The molecule has 2 aromatic heterocycles. The molecule has 23 heavy (non-hydrogen) atoms. The lowest BCUT2D eigenvalue weighted by molar-refractivity contribution is 0.540. The third kappa shape index (κ3) is 2.53. The molecule has 0 aliphatic rings. The first-order chi connectivity index (χ1) is 11.2. The highest BCUT2D eigenvalue weighted by atomic mass is 35.5. The van der Waals surface area contributed by atoms with Gasteiger partial charge in [-0.1, -0.05) is 41.9 Å². The molecule has 114 valence electrons. The van der Waals surface area contributed by atoms with E-state index < -0.39 is 0 Å². The number of rotatable bonds is 3. The van der Waals surface area contributed by atoms with Crippen LogP contribution in [0.4, 0.5) is 0 Å². The number of aromatic nitrogens is 2. The van der Waals surface area contributed by atoms with Gasteiger partial charge in [0.1, 0.15) is 5.76 Å². The summed E-state index contributed by atoms with van der Waals surface area (Å²) in [5.74, 6) is 2.46. The predicted octanol–water partition coefficient (Wildman–Crippen LogP) is 5.31.